The minimum Gasteiger partial charge on any atom is -0.256 e. The van der Waals surface area contributed by atoms with Gasteiger partial charge in [0, 0.05) is 40.2 Å². The highest BCUT2D eigenvalue weighted by Crippen LogP contribution is 2.39. The molecule has 244 valence electrons. The SMILES string of the molecule is c1ccc(-c2nc(-c3ccccc3)nc(-c3ccc(-c4ccc(-c5cc(-c6ccccn6)cc(-c6ccccn6)c5)c5ccccc45)cc3)n2)cc1. The van der Waals surface area contributed by atoms with E-state index in [2.05, 4.69) is 88.8 Å². The molecule has 3 heterocycles. The molecule has 0 spiro atoms. The summed E-state index contributed by atoms with van der Waals surface area (Å²) in [7, 11) is 0. The van der Waals surface area contributed by atoms with Gasteiger partial charge in [-0.1, -0.05) is 133 Å². The van der Waals surface area contributed by atoms with E-state index in [4.69, 9.17) is 15.0 Å². The molecule has 0 aliphatic heterocycles. The lowest BCUT2D eigenvalue weighted by Crippen LogP contribution is -2.00. The van der Waals surface area contributed by atoms with Crippen LogP contribution in [0.25, 0.3) is 89.7 Å². The Labute approximate surface area is 302 Å². The summed E-state index contributed by atoms with van der Waals surface area (Å²) in [5.41, 5.74) is 11.3. The summed E-state index contributed by atoms with van der Waals surface area (Å²) in [6.45, 7) is 0. The van der Waals surface area contributed by atoms with E-state index in [1.807, 2.05) is 109 Å². The first-order valence-electron chi connectivity index (χ1n) is 17.2. The van der Waals surface area contributed by atoms with Gasteiger partial charge in [0.25, 0.3) is 0 Å². The Morgan fingerprint density at radius 3 is 1.12 bits per heavy atom. The van der Waals surface area contributed by atoms with Gasteiger partial charge in [0.05, 0.1) is 11.4 Å². The van der Waals surface area contributed by atoms with Gasteiger partial charge in [-0.05, 0) is 75.5 Å². The second-order valence-corrected chi connectivity index (χ2v) is 12.6. The van der Waals surface area contributed by atoms with Crippen LogP contribution in [0.15, 0.2) is 188 Å². The lowest BCUT2D eigenvalue weighted by atomic mass is 9.90. The topological polar surface area (TPSA) is 64.5 Å². The molecule has 0 amide bonds. The molecule has 0 radical (unpaired) electrons. The van der Waals surface area contributed by atoms with Crippen molar-refractivity contribution in [2.75, 3.05) is 0 Å². The van der Waals surface area contributed by atoms with Crippen LogP contribution in [0.3, 0.4) is 0 Å². The third kappa shape index (κ3) is 6.12. The van der Waals surface area contributed by atoms with Gasteiger partial charge >= 0.3 is 0 Å². The van der Waals surface area contributed by atoms with E-state index < -0.39 is 0 Å². The van der Waals surface area contributed by atoms with E-state index in [0.29, 0.717) is 17.5 Å². The molecule has 0 atom stereocenters. The normalized spacial score (nSPS) is 11.1. The average Bonchev–Trinajstić information content (AvgIpc) is 3.24. The third-order valence-corrected chi connectivity index (χ3v) is 9.24. The fourth-order valence-corrected chi connectivity index (χ4v) is 6.68. The zero-order chi connectivity index (χ0) is 34.7. The molecule has 0 bridgehead atoms. The van der Waals surface area contributed by atoms with Crippen LogP contribution in [0.2, 0.25) is 0 Å². The van der Waals surface area contributed by atoms with Crippen LogP contribution in [0.5, 0.6) is 0 Å². The van der Waals surface area contributed by atoms with Gasteiger partial charge in [0.2, 0.25) is 0 Å². The maximum Gasteiger partial charge on any atom is 0.164 e. The summed E-state index contributed by atoms with van der Waals surface area (Å²) in [5.74, 6) is 1.93. The van der Waals surface area contributed by atoms with E-state index >= 15 is 0 Å². The summed E-state index contributed by atoms with van der Waals surface area (Å²) in [4.78, 5) is 24.0. The highest BCUT2D eigenvalue weighted by Gasteiger charge is 2.15. The highest BCUT2D eigenvalue weighted by molar-refractivity contribution is 6.05. The first-order chi connectivity index (χ1) is 25.8. The van der Waals surface area contributed by atoms with E-state index in [1.54, 1.807) is 0 Å². The predicted molar refractivity (Wildman–Crippen MR) is 211 cm³/mol. The molecule has 0 N–H and O–H groups in total. The van der Waals surface area contributed by atoms with Gasteiger partial charge < -0.3 is 0 Å². The Hall–Kier alpha value is -7.11. The molecule has 9 aromatic rings. The summed E-state index contributed by atoms with van der Waals surface area (Å²) >= 11 is 0. The average molecular weight is 666 g/mol. The molecule has 9 rings (SSSR count). The number of fused-ring (bicyclic) bond motifs is 1. The standard InChI is InChI=1S/C47H31N5/c1-3-13-33(14-4-1)45-50-46(34-15-5-2-6-16-34)52-47(51-45)35-23-21-32(22-24-35)39-25-26-40(42-18-8-7-17-41(39)42)36-29-37(43-19-9-11-27-48-43)31-38(30-36)44-20-10-12-28-49-44/h1-31H. The van der Waals surface area contributed by atoms with Crippen molar-refractivity contribution in [1.29, 1.82) is 0 Å². The molecule has 0 fully saturated rings. The predicted octanol–water partition coefficient (Wildman–Crippen LogP) is 11.5. The second kappa shape index (κ2) is 13.7. The second-order valence-electron chi connectivity index (χ2n) is 12.6. The summed E-state index contributed by atoms with van der Waals surface area (Å²) < 4.78 is 0. The fraction of sp³-hybridized carbons (Fsp3) is 0. The number of rotatable bonds is 7. The number of nitrogens with zero attached hydrogens (tertiary/aromatic N) is 5. The minimum absolute atomic E-state index is 0.635. The highest BCUT2D eigenvalue weighted by atomic mass is 15.0. The first kappa shape index (κ1) is 30.9. The van der Waals surface area contributed by atoms with Crippen molar-refractivity contribution in [3.05, 3.63) is 188 Å². The largest absolute Gasteiger partial charge is 0.256 e. The quantitative estimate of drug-likeness (QED) is 0.169. The van der Waals surface area contributed by atoms with E-state index in [9.17, 15) is 0 Å². The maximum atomic E-state index is 4.92. The van der Waals surface area contributed by atoms with Crippen molar-refractivity contribution in [3.63, 3.8) is 0 Å². The molecule has 5 heteroatoms. The Morgan fingerprint density at radius 2 is 0.654 bits per heavy atom. The van der Waals surface area contributed by atoms with Crippen molar-refractivity contribution in [2.45, 2.75) is 0 Å². The molecule has 0 aliphatic carbocycles. The lowest BCUT2D eigenvalue weighted by molar-refractivity contribution is 1.07. The van der Waals surface area contributed by atoms with Crippen molar-refractivity contribution < 1.29 is 0 Å². The molecular formula is C47H31N5. The number of aromatic nitrogens is 5. The summed E-state index contributed by atoms with van der Waals surface area (Å²) in [5, 5.41) is 2.35. The van der Waals surface area contributed by atoms with Crippen molar-refractivity contribution in [2.24, 2.45) is 0 Å². The van der Waals surface area contributed by atoms with Gasteiger partial charge in [-0.25, -0.2) is 15.0 Å². The van der Waals surface area contributed by atoms with Crippen LogP contribution >= 0.6 is 0 Å². The van der Waals surface area contributed by atoms with Crippen molar-refractivity contribution in [3.8, 4) is 78.9 Å². The molecule has 0 saturated heterocycles. The molecule has 5 nitrogen and oxygen atoms in total. The van der Waals surface area contributed by atoms with Gasteiger partial charge in [0.1, 0.15) is 0 Å². The molecule has 6 aromatic carbocycles. The van der Waals surface area contributed by atoms with Crippen molar-refractivity contribution >= 4 is 10.8 Å². The van der Waals surface area contributed by atoms with Crippen LogP contribution < -0.4 is 0 Å². The molecule has 3 aromatic heterocycles. The minimum atomic E-state index is 0.635. The van der Waals surface area contributed by atoms with E-state index in [0.717, 1.165) is 61.5 Å². The monoisotopic (exact) mass is 665 g/mol. The molecule has 0 saturated carbocycles. The third-order valence-electron chi connectivity index (χ3n) is 9.24. The van der Waals surface area contributed by atoms with Crippen LogP contribution in [0.4, 0.5) is 0 Å². The Kier molecular flexibility index (Phi) is 8.12. The van der Waals surface area contributed by atoms with E-state index in [1.165, 1.54) is 10.8 Å². The summed E-state index contributed by atoms with van der Waals surface area (Å²) in [6.07, 6.45) is 3.67. The molecule has 0 unspecified atom stereocenters. The van der Waals surface area contributed by atoms with Crippen LogP contribution in [-0.2, 0) is 0 Å². The molecule has 52 heavy (non-hydrogen) atoms. The lowest BCUT2D eigenvalue weighted by Gasteiger charge is -2.15. The number of hydrogen-bond acceptors (Lipinski definition) is 5. The van der Waals surface area contributed by atoms with Gasteiger partial charge in [0.15, 0.2) is 17.5 Å². The maximum absolute atomic E-state index is 4.92. The number of pyridine rings is 2. The Bertz CT molecular complexity index is 2530. The van der Waals surface area contributed by atoms with Crippen molar-refractivity contribution in [1.82, 2.24) is 24.9 Å². The van der Waals surface area contributed by atoms with Crippen LogP contribution in [0.1, 0.15) is 0 Å². The molecule has 0 aliphatic rings. The smallest absolute Gasteiger partial charge is 0.164 e. The fourth-order valence-electron chi connectivity index (χ4n) is 6.68. The molecular weight excluding hydrogens is 635 g/mol. The van der Waals surface area contributed by atoms with Gasteiger partial charge in [-0.3, -0.25) is 9.97 Å². The van der Waals surface area contributed by atoms with Gasteiger partial charge in [-0.15, -0.1) is 0 Å². The Balaban J connectivity index is 1.13. The zero-order valence-corrected chi connectivity index (χ0v) is 28.1. The van der Waals surface area contributed by atoms with Gasteiger partial charge in [-0.2, -0.15) is 0 Å². The Morgan fingerprint density at radius 1 is 0.269 bits per heavy atom. The summed E-state index contributed by atoms with van der Waals surface area (Å²) in [6, 6.07) is 60.4. The first-order valence-corrected chi connectivity index (χ1v) is 17.2. The van der Waals surface area contributed by atoms with Crippen LogP contribution in [0, 0.1) is 0 Å². The zero-order valence-electron chi connectivity index (χ0n) is 28.1. The number of hydrogen-bond donors (Lipinski definition) is 0. The van der Waals surface area contributed by atoms with E-state index in [-0.39, 0.29) is 0 Å². The number of benzene rings is 6. The van der Waals surface area contributed by atoms with Crippen LogP contribution in [-0.4, -0.2) is 24.9 Å².